The van der Waals surface area contributed by atoms with Crippen LogP contribution in [0.3, 0.4) is 0 Å². The van der Waals surface area contributed by atoms with Crippen molar-refractivity contribution in [3.8, 4) is 5.75 Å². The molecule has 2 aromatic rings. The summed E-state index contributed by atoms with van der Waals surface area (Å²) in [5, 5.41) is 10.1. The Labute approximate surface area is 122 Å². The molecule has 0 radical (unpaired) electrons. The van der Waals surface area contributed by atoms with Crippen LogP contribution in [0, 0.1) is 5.82 Å². The fourth-order valence-corrected chi connectivity index (χ4v) is 2.09. The first-order chi connectivity index (χ1) is 9.78. The van der Waals surface area contributed by atoms with Gasteiger partial charge in [-0.1, -0.05) is 29.8 Å². The second kappa shape index (κ2) is 5.91. The average Bonchev–Trinajstić information content (AvgIpc) is 2.36. The lowest BCUT2D eigenvalue weighted by Crippen LogP contribution is -2.17. The zero-order valence-corrected chi connectivity index (χ0v) is 11.1. The van der Waals surface area contributed by atoms with Gasteiger partial charge in [-0.15, -0.1) is 13.2 Å². The van der Waals surface area contributed by atoms with Crippen LogP contribution in [0.25, 0.3) is 0 Å². The van der Waals surface area contributed by atoms with Crippen LogP contribution in [0.2, 0.25) is 5.02 Å². The molecule has 2 rings (SSSR count). The summed E-state index contributed by atoms with van der Waals surface area (Å²) in [4.78, 5) is 0. The molecule has 0 amide bonds. The maximum atomic E-state index is 13.7. The molecule has 0 aromatic heterocycles. The zero-order valence-electron chi connectivity index (χ0n) is 10.4. The van der Waals surface area contributed by atoms with Crippen LogP contribution in [0.4, 0.5) is 17.6 Å². The van der Waals surface area contributed by atoms with Gasteiger partial charge in [0.1, 0.15) is 17.7 Å². The molecule has 1 N–H and O–H groups in total. The molecule has 0 fully saturated rings. The number of alkyl halides is 3. The lowest BCUT2D eigenvalue weighted by atomic mass is 10.0. The summed E-state index contributed by atoms with van der Waals surface area (Å²) in [6.45, 7) is 0. The Morgan fingerprint density at radius 1 is 1.10 bits per heavy atom. The molecule has 0 spiro atoms. The summed E-state index contributed by atoms with van der Waals surface area (Å²) in [5.41, 5.74) is -0.174. The Hall–Kier alpha value is -1.79. The van der Waals surface area contributed by atoms with E-state index in [2.05, 4.69) is 4.74 Å². The maximum Gasteiger partial charge on any atom is 0.573 e. The lowest BCUT2D eigenvalue weighted by Gasteiger charge is -2.15. The molecular weight excluding hydrogens is 312 g/mol. The van der Waals surface area contributed by atoms with Gasteiger partial charge in [-0.3, -0.25) is 0 Å². The van der Waals surface area contributed by atoms with Crippen molar-refractivity contribution in [1.29, 1.82) is 0 Å². The molecule has 0 bridgehead atoms. The quantitative estimate of drug-likeness (QED) is 0.846. The van der Waals surface area contributed by atoms with Crippen LogP contribution >= 0.6 is 11.6 Å². The number of ether oxygens (including phenoxy) is 1. The van der Waals surface area contributed by atoms with Gasteiger partial charge in [-0.05, 0) is 29.8 Å². The van der Waals surface area contributed by atoms with E-state index in [-0.39, 0.29) is 16.1 Å². The fourth-order valence-electron chi connectivity index (χ4n) is 1.82. The van der Waals surface area contributed by atoms with E-state index in [4.69, 9.17) is 11.6 Å². The normalized spacial score (nSPS) is 13.0. The van der Waals surface area contributed by atoms with Gasteiger partial charge in [0.05, 0.1) is 0 Å². The van der Waals surface area contributed by atoms with Crippen molar-refractivity contribution in [1.82, 2.24) is 0 Å². The molecule has 7 heteroatoms. The number of halogens is 5. The highest BCUT2D eigenvalue weighted by Crippen LogP contribution is 2.32. The lowest BCUT2D eigenvalue weighted by molar-refractivity contribution is -0.274. The molecular formula is C14H9ClF4O2. The van der Waals surface area contributed by atoms with Gasteiger partial charge in [-0.25, -0.2) is 4.39 Å². The molecule has 0 aliphatic heterocycles. The molecule has 112 valence electrons. The third-order valence-electron chi connectivity index (χ3n) is 2.68. The summed E-state index contributed by atoms with van der Waals surface area (Å²) >= 11 is 5.81. The first kappa shape index (κ1) is 15.6. The van der Waals surface area contributed by atoms with Gasteiger partial charge >= 0.3 is 6.36 Å². The van der Waals surface area contributed by atoms with E-state index >= 15 is 0 Å². The summed E-state index contributed by atoms with van der Waals surface area (Å²) in [6.07, 6.45) is -6.35. The van der Waals surface area contributed by atoms with Crippen molar-refractivity contribution in [2.75, 3.05) is 0 Å². The van der Waals surface area contributed by atoms with Gasteiger partial charge in [0.15, 0.2) is 0 Å². The molecule has 1 atom stereocenters. The molecule has 0 aliphatic rings. The van der Waals surface area contributed by atoms with Crippen molar-refractivity contribution < 1.29 is 27.4 Å². The SMILES string of the molecule is OC(c1cccc(OC(F)(F)F)c1)c1c(F)cccc1Cl. The summed E-state index contributed by atoms with van der Waals surface area (Å²) in [7, 11) is 0. The Morgan fingerprint density at radius 2 is 1.76 bits per heavy atom. The molecule has 0 saturated carbocycles. The summed E-state index contributed by atoms with van der Waals surface area (Å²) in [5.74, 6) is -1.26. The van der Waals surface area contributed by atoms with Gasteiger partial charge in [-0.2, -0.15) is 0 Å². The minimum atomic E-state index is -4.85. The van der Waals surface area contributed by atoms with Crippen molar-refractivity contribution in [3.63, 3.8) is 0 Å². The molecule has 2 aromatic carbocycles. The number of benzene rings is 2. The highest BCUT2D eigenvalue weighted by molar-refractivity contribution is 6.31. The highest BCUT2D eigenvalue weighted by atomic mass is 35.5. The number of aliphatic hydroxyl groups is 1. The largest absolute Gasteiger partial charge is 0.573 e. The van der Waals surface area contributed by atoms with E-state index in [9.17, 15) is 22.7 Å². The molecule has 2 nitrogen and oxygen atoms in total. The van der Waals surface area contributed by atoms with Crippen LogP contribution in [-0.4, -0.2) is 11.5 Å². The first-order valence-electron chi connectivity index (χ1n) is 5.75. The molecule has 0 saturated heterocycles. The van der Waals surface area contributed by atoms with Crippen molar-refractivity contribution in [2.24, 2.45) is 0 Å². The third-order valence-corrected chi connectivity index (χ3v) is 3.01. The number of rotatable bonds is 3. The molecule has 21 heavy (non-hydrogen) atoms. The minimum absolute atomic E-state index is 0.0235. The fraction of sp³-hybridized carbons (Fsp3) is 0.143. The average molecular weight is 321 g/mol. The number of hydrogen-bond donors (Lipinski definition) is 1. The van der Waals surface area contributed by atoms with Crippen LogP contribution < -0.4 is 4.74 Å². The van der Waals surface area contributed by atoms with Crippen molar-refractivity contribution in [3.05, 3.63) is 64.4 Å². The van der Waals surface area contributed by atoms with E-state index in [1.165, 1.54) is 24.3 Å². The number of aliphatic hydroxyl groups excluding tert-OH is 1. The summed E-state index contributed by atoms with van der Waals surface area (Å²) in [6, 6.07) is 8.48. The Kier molecular flexibility index (Phi) is 4.39. The zero-order chi connectivity index (χ0) is 15.6. The van der Waals surface area contributed by atoms with Crippen LogP contribution in [0.5, 0.6) is 5.75 Å². The van der Waals surface area contributed by atoms with Crippen LogP contribution in [-0.2, 0) is 0 Å². The van der Waals surface area contributed by atoms with Gasteiger partial charge in [0.25, 0.3) is 0 Å². The van der Waals surface area contributed by atoms with E-state index in [1.54, 1.807) is 0 Å². The van der Waals surface area contributed by atoms with E-state index in [0.29, 0.717) is 0 Å². The van der Waals surface area contributed by atoms with E-state index in [0.717, 1.165) is 18.2 Å². The van der Waals surface area contributed by atoms with Crippen molar-refractivity contribution in [2.45, 2.75) is 12.5 Å². The number of hydrogen-bond acceptors (Lipinski definition) is 2. The van der Waals surface area contributed by atoms with Gasteiger partial charge < -0.3 is 9.84 Å². The Bertz CT molecular complexity index is 623. The van der Waals surface area contributed by atoms with Gasteiger partial charge in [0, 0.05) is 10.6 Å². The second-order valence-corrected chi connectivity index (χ2v) is 4.57. The maximum absolute atomic E-state index is 13.7. The topological polar surface area (TPSA) is 29.5 Å². The Morgan fingerprint density at radius 3 is 2.38 bits per heavy atom. The first-order valence-corrected chi connectivity index (χ1v) is 6.13. The van der Waals surface area contributed by atoms with Crippen molar-refractivity contribution >= 4 is 11.6 Å². The Balaban J connectivity index is 2.36. The second-order valence-electron chi connectivity index (χ2n) is 4.16. The molecule has 0 aliphatic carbocycles. The molecule has 1 unspecified atom stereocenters. The smallest absolute Gasteiger partial charge is 0.406 e. The standard InChI is InChI=1S/C14H9ClF4O2/c15-10-5-2-6-11(16)12(10)13(20)8-3-1-4-9(7-8)21-14(17,18)19/h1-7,13,20H. The van der Waals surface area contributed by atoms with Crippen LogP contribution in [0.15, 0.2) is 42.5 Å². The molecule has 0 heterocycles. The third kappa shape index (κ3) is 3.86. The van der Waals surface area contributed by atoms with Gasteiger partial charge in [0.2, 0.25) is 0 Å². The summed E-state index contributed by atoms with van der Waals surface area (Å²) < 4.78 is 53.9. The monoisotopic (exact) mass is 320 g/mol. The minimum Gasteiger partial charge on any atom is -0.406 e. The highest BCUT2D eigenvalue weighted by Gasteiger charge is 2.31. The van der Waals surface area contributed by atoms with E-state index < -0.39 is 24.0 Å². The van der Waals surface area contributed by atoms with E-state index in [1.807, 2.05) is 0 Å². The predicted octanol–water partition coefficient (Wildman–Crippen LogP) is 4.46. The van der Waals surface area contributed by atoms with Crippen LogP contribution in [0.1, 0.15) is 17.2 Å². The predicted molar refractivity (Wildman–Crippen MR) is 68.6 cm³/mol.